The fraction of sp³-hybridized carbons (Fsp3) is 0.615. The van der Waals surface area contributed by atoms with Crippen molar-refractivity contribution in [3.8, 4) is 0 Å². The van der Waals surface area contributed by atoms with E-state index in [1.807, 2.05) is 12.3 Å². The van der Waals surface area contributed by atoms with Crippen LogP contribution in [0.25, 0.3) is 0 Å². The van der Waals surface area contributed by atoms with Crippen molar-refractivity contribution in [3.05, 3.63) is 23.0 Å². The topological polar surface area (TPSA) is 12.9 Å². The van der Waals surface area contributed by atoms with Crippen molar-refractivity contribution < 1.29 is 0 Å². The zero-order valence-electron chi connectivity index (χ0n) is 10.8. The molecule has 1 aromatic rings. The summed E-state index contributed by atoms with van der Waals surface area (Å²) in [7, 11) is 0. The summed E-state index contributed by atoms with van der Waals surface area (Å²) in [6.45, 7) is 11.4. The van der Waals surface area contributed by atoms with Gasteiger partial charge in [-0.25, -0.2) is 0 Å². The predicted molar refractivity (Wildman–Crippen MR) is 72.9 cm³/mol. The number of pyridine rings is 1. The van der Waals surface area contributed by atoms with Gasteiger partial charge in [0.05, 0.1) is 0 Å². The summed E-state index contributed by atoms with van der Waals surface area (Å²) < 4.78 is 1.88. The Bertz CT molecular complexity index is 355. The molecular formula is C13H20ClGeN. The van der Waals surface area contributed by atoms with E-state index in [-0.39, 0.29) is 15.4 Å². The number of nitrogens with zero attached hydrogens (tertiary/aromatic N) is 1. The van der Waals surface area contributed by atoms with Gasteiger partial charge in [-0.15, -0.1) is 0 Å². The van der Waals surface area contributed by atoms with Gasteiger partial charge >= 0.3 is 111 Å². The van der Waals surface area contributed by atoms with Crippen LogP contribution >= 0.6 is 11.6 Å². The second-order valence-corrected chi connectivity index (χ2v) is 10.8. The molecule has 1 heterocycles. The third-order valence-electron chi connectivity index (χ3n) is 2.09. The van der Waals surface area contributed by atoms with Gasteiger partial charge in [0.25, 0.3) is 0 Å². The van der Waals surface area contributed by atoms with Crippen LogP contribution in [0.3, 0.4) is 0 Å². The molecule has 3 heteroatoms. The molecular weight excluding hydrogens is 278 g/mol. The van der Waals surface area contributed by atoms with Gasteiger partial charge in [-0.1, -0.05) is 0 Å². The van der Waals surface area contributed by atoms with Crippen molar-refractivity contribution >= 4 is 31.4 Å². The number of hydrogen-bond donors (Lipinski definition) is 0. The second-order valence-electron chi connectivity index (χ2n) is 5.64. The van der Waals surface area contributed by atoms with E-state index in [4.69, 9.17) is 11.6 Å². The van der Waals surface area contributed by atoms with Crippen molar-refractivity contribution in [1.29, 1.82) is 0 Å². The molecule has 0 aliphatic carbocycles. The predicted octanol–water partition coefficient (Wildman–Crippen LogP) is 3.48. The van der Waals surface area contributed by atoms with Gasteiger partial charge in [0.15, 0.2) is 0 Å². The van der Waals surface area contributed by atoms with E-state index in [1.54, 1.807) is 0 Å². The quantitative estimate of drug-likeness (QED) is 0.615. The Morgan fingerprint density at radius 1 is 1.38 bits per heavy atom. The summed E-state index contributed by atoms with van der Waals surface area (Å²) >= 11 is 5.83. The van der Waals surface area contributed by atoms with Crippen LogP contribution in [-0.2, 0) is 6.42 Å². The molecule has 0 N–H and O–H groups in total. The van der Waals surface area contributed by atoms with Crippen molar-refractivity contribution in [1.82, 2.24) is 4.98 Å². The van der Waals surface area contributed by atoms with E-state index in [1.165, 1.54) is 9.96 Å². The fourth-order valence-corrected chi connectivity index (χ4v) is 4.44. The van der Waals surface area contributed by atoms with Gasteiger partial charge < -0.3 is 0 Å². The summed E-state index contributed by atoms with van der Waals surface area (Å²) in [5.41, 5.74) is 1.41. The Balaban J connectivity index is 2.98. The van der Waals surface area contributed by atoms with E-state index >= 15 is 0 Å². The molecule has 0 aliphatic heterocycles. The maximum atomic E-state index is 5.97. The number of rotatable bonds is 3. The Labute approximate surface area is 110 Å². The first-order valence-corrected chi connectivity index (χ1v) is 8.18. The van der Waals surface area contributed by atoms with Crippen LogP contribution in [0.15, 0.2) is 12.3 Å². The van der Waals surface area contributed by atoms with E-state index in [9.17, 15) is 0 Å². The molecule has 88 valence electrons. The summed E-state index contributed by atoms with van der Waals surface area (Å²) in [4.78, 5) is 4.23. The van der Waals surface area contributed by atoms with Crippen LogP contribution in [0.5, 0.6) is 0 Å². The Morgan fingerprint density at radius 2 is 2.00 bits per heavy atom. The second kappa shape index (κ2) is 5.55. The van der Waals surface area contributed by atoms with Gasteiger partial charge in [0.1, 0.15) is 0 Å². The summed E-state index contributed by atoms with van der Waals surface area (Å²) in [6.07, 6.45) is 3.10. The summed E-state index contributed by atoms with van der Waals surface area (Å²) in [6, 6.07) is 2.05. The van der Waals surface area contributed by atoms with Gasteiger partial charge in [-0.05, 0) is 0 Å². The molecule has 0 bridgehead atoms. The van der Waals surface area contributed by atoms with Gasteiger partial charge in [-0.3, -0.25) is 0 Å². The van der Waals surface area contributed by atoms with Crippen LogP contribution in [0.4, 0.5) is 0 Å². The minimum atomic E-state index is -0.148. The molecule has 0 atom stereocenters. The number of aromatic nitrogens is 1. The standard InChI is InChI=1S/C13H20ClGeN/c1-9(2)6-10-7-12(14)16-8-11(10)15-13(3,4)5/h7-9H,6H2,1-5H3. The first-order chi connectivity index (χ1) is 7.28. The monoisotopic (exact) mass is 299 g/mol. The maximum absolute atomic E-state index is 5.97. The van der Waals surface area contributed by atoms with E-state index in [0.717, 1.165) is 6.42 Å². The Kier molecular flexibility index (Phi) is 4.87. The van der Waals surface area contributed by atoms with E-state index in [0.29, 0.717) is 15.3 Å². The fourth-order valence-electron chi connectivity index (χ4n) is 1.59. The average Bonchev–Trinajstić information content (AvgIpc) is 2.06. The molecule has 0 aromatic carbocycles. The zero-order chi connectivity index (χ0) is 12.3. The third kappa shape index (κ3) is 4.88. The van der Waals surface area contributed by atoms with Gasteiger partial charge in [-0.2, -0.15) is 0 Å². The van der Waals surface area contributed by atoms with Crippen LogP contribution in [0.1, 0.15) is 40.2 Å². The Morgan fingerprint density at radius 3 is 2.50 bits per heavy atom. The van der Waals surface area contributed by atoms with Crippen molar-refractivity contribution in [2.75, 3.05) is 0 Å². The molecule has 1 nitrogen and oxygen atoms in total. The van der Waals surface area contributed by atoms with Crippen molar-refractivity contribution in [2.24, 2.45) is 5.92 Å². The van der Waals surface area contributed by atoms with Crippen molar-refractivity contribution in [2.45, 2.75) is 45.3 Å². The molecule has 0 fully saturated rings. The SMILES string of the molecule is CC(C)Cc1cc(Cl)nc[c]1[Ge][C](C)(C)C. The van der Waals surface area contributed by atoms with Gasteiger partial charge in [0.2, 0.25) is 0 Å². The molecule has 1 aromatic heterocycles. The molecule has 0 amide bonds. The Hall–Kier alpha value is -0.0171. The number of hydrogen-bond acceptors (Lipinski definition) is 1. The molecule has 16 heavy (non-hydrogen) atoms. The molecule has 0 unspecified atom stereocenters. The molecule has 0 spiro atoms. The van der Waals surface area contributed by atoms with E-state index < -0.39 is 0 Å². The summed E-state index contributed by atoms with van der Waals surface area (Å²) in [5.74, 6) is 0.670. The normalized spacial score (nSPS) is 12.2. The first-order valence-electron chi connectivity index (χ1n) is 5.70. The third-order valence-corrected chi connectivity index (χ3v) is 5.38. The van der Waals surface area contributed by atoms with Gasteiger partial charge in [0, 0.05) is 0 Å². The van der Waals surface area contributed by atoms with Crippen LogP contribution in [0.2, 0.25) is 9.40 Å². The zero-order valence-corrected chi connectivity index (χ0v) is 13.6. The number of halogens is 1. The first kappa shape index (κ1) is 14.0. The molecule has 0 aliphatic rings. The molecule has 0 saturated heterocycles. The molecule has 0 saturated carbocycles. The van der Waals surface area contributed by atoms with Crippen LogP contribution in [-0.4, -0.2) is 20.4 Å². The summed E-state index contributed by atoms with van der Waals surface area (Å²) in [5, 5.41) is 0.625. The molecule has 2 radical (unpaired) electrons. The average molecular weight is 298 g/mol. The molecule has 1 rings (SSSR count). The van der Waals surface area contributed by atoms with E-state index in [2.05, 4.69) is 39.6 Å². The van der Waals surface area contributed by atoms with Crippen LogP contribution in [0, 0.1) is 5.92 Å². The van der Waals surface area contributed by atoms with Crippen LogP contribution < -0.4 is 4.40 Å². The van der Waals surface area contributed by atoms with Crippen molar-refractivity contribution in [3.63, 3.8) is 0 Å². The minimum absolute atomic E-state index is 0.148.